The van der Waals surface area contributed by atoms with Crippen LogP contribution in [0.15, 0.2) is 23.4 Å². The highest BCUT2D eigenvalue weighted by Crippen LogP contribution is 2.29. The van der Waals surface area contributed by atoms with E-state index in [1.165, 1.54) is 0 Å². The van der Waals surface area contributed by atoms with Crippen LogP contribution in [0.2, 0.25) is 10.0 Å². The minimum absolute atomic E-state index is 0.357. The van der Waals surface area contributed by atoms with Gasteiger partial charge in [-0.3, -0.25) is 9.89 Å². The van der Waals surface area contributed by atoms with Crippen LogP contribution in [0.4, 0.5) is 0 Å². The standard InChI is InChI=1S/C11H9Cl2N3O2S/c1-5(10(17)18)19-11-14-9(15-16-11)7-3-2-6(12)4-8(7)13/h2-5H,1H3,(H,17,18)(H,14,15,16)/t5-/m1/s1. The SMILES string of the molecule is C[C@@H](Sc1n[nH]c(-c2ccc(Cl)cc2Cl)n1)C(=O)O. The quantitative estimate of drug-likeness (QED) is 0.845. The van der Waals surface area contributed by atoms with Gasteiger partial charge in [0.15, 0.2) is 5.82 Å². The number of aromatic amines is 1. The highest BCUT2D eigenvalue weighted by molar-refractivity contribution is 8.00. The van der Waals surface area contributed by atoms with E-state index >= 15 is 0 Å². The first kappa shape index (κ1) is 14.2. The number of nitrogens with one attached hydrogen (secondary N) is 1. The average molecular weight is 318 g/mol. The zero-order valence-electron chi connectivity index (χ0n) is 9.72. The number of carboxylic acid groups (broad SMARTS) is 1. The number of benzene rings is 1. The first-order valence-electron chi connectivity index (χ1n) is 5.24. The number of H-pyrrole nitrogens is 1. The molecule has 0 saturated carbocycles. The Morgan fingerprint density at radius 2 is 2.21 bits per heavy atom. The molecule has 0 aliphatic heterocycles. The summed E-state index contributed by atoms with van der Waals surface area (Å²) in [7, 11) is 0. The van der Waals surface area contributed by atoms with Gasteiger partial charge in [0.2, 0.25) is 5.16 Å². The van der Waals surface area contributed by atoms with Crippen molar-refractivity contribution in [1.29, 1.82) is 0 Å². The van der Waals surface area contributed by atoms with E-state index in [-0.39, 0.29) is 0 Å². The number of nitrogens with zero attached hydrogens (tertiary/aromatic N) is 2. The molecule has 0 amide bonds. The molecule has 0 spiro atoms. The topological polar surface area (TPSA) is 78.9 Å². The summed E-state index contributed by atoms with van der Waals surface area (Å²) in [6, 6.07) is 5.02. The number of carboxylic acids is 1. The largest absolute Gasteiger partial charge is 0.480 e. The molecule has 2 aromatic rings. The predicted octanol–water partition coefficient (Wildman–Crippen LogP) is 3.34. The number of aliphatic carboxylic acids is 1. The summed E-state index contributed by atoms with van der Waals surface area (Å²) in [4.78, 5) is 14.9. The zero-order chi connectivity index (χ0) is 14.0. The number of carbonyl (C=O) groups is 1. The van der Waals surface area contributed by atoms with Crippen molar-refractivity contribution < 1.29 is 9.90 Å². The van der Waals surface area contributed by atoms with Crippen LogP contribution in [-0.2, 0) is 4.79 Å². The van der Waals surface area contributed by atoms with Gasteiger partial charge in [0, 0.05) is 10.6 Å². The second-order valence-corrected chi connectivity index (χ2v) is 5.84. The fraction of sp³-hybridized carbons (Fsp3) is 0.182. The highest BCUT2D eigenvalue weighted by Gasteiger charge is 2.16. The molecule has 2 rings (SSSR count). The maximum absolute atomic E-state index is 10.7. The van der Waals surface area contributed by atoms with Crippen LogP contribution in [0, 0.1) is 0 Å². The number of halogens is 2. The van der Waals surface area contributed by atoms with Crippen LogP contribution < -0.4 is 0 Å². The van der Waals surface area contributed by atoms with E-state index in [0.29, 0.717) is 26.6 Å². The molecule has 0 aliphatic carbocycles. The van der Waals surface area contributed by atoms with Crippen molar-refractivity contribution >= 4 is 40.9 Å². The minimum Gasteiger partial charge on any atom is -0.480 e. The maximum atomic E-state index is 10.7. The monoisotopic (exact) mass is 317 g/mol. The van der Waals surface area contributed by atoms with Crippen LogP contribution >= 0.6 is 35.0 Å². The van der Waals surface area contributed by atoms with Crippen LogP contribution in [0.1, 0.15) is 6.92 Å². The summed E-state index contributed by atoms with van der Waals surface area (Å²) in [5.74, 6) is -0.442. The van der Waals surface area contributed by atoms with Crippen molar-refractivity contribution in [3.63, 3.8) is 0 Å². The summed E-state index contributed by atoms with van der Waals surface area (Å²) in [6.07, 6.45) is 0. The van der Waals surface area contributed by atoms with Crippen LogP contribution in [0.25, 0.3) is 11.4 Å². The van der Waals surface area contributed by atoms with Gasteiger partial charge in [-0.15, -0.1) is 5.10 Å². The summed E-state index contributed by atoms with van der Waals surface area (Å²) >= 11 is 12.9. The van der Waals surface area contributed by atoms with Gasteiger partial charge < -0.3 is 5.11 Å². The maximum Gasteiger partial charge on any atom is 0.316 e. The summed E-state index contributed by atoms with van der Waals surface area (Å²) in [6.45, 7) is 1.57. The predicted molar refractivity (Wildman–Crippen MR) is 74.8 cm³/mol. The normalized spacial score (nSPS) is 12.4. The van der Waals surface area contributed by atoms with Gasteiger partial charge in [0.25, 0.3) is 0 Å². The number of hydrogen-bond acceptors (Lipinski definition) is 4. The molecule has 1 heterocycles. The zero-order valence-corrected chi connectivity index (χ0v) is 12.1. The molecule has 1 aromatic heterocycles. The van der Waals surface area contributed by atoms with Crippen LogP contribution in [0.3, 0.4) is 0 Å². The molecular formula is C11H9Cl2N3O2S. The van der Waals surface area contributed by atoms with Gasteiger partial charge in [-0.1, -0.05) is 35.0 Å². The molecule has 100 valence electrons. The molecule has 0 fully saturated rings. The molecule has 0 aliphatic rings. The molecule has 5 nitrogen and oxygen atoms in total. The fourth-order valence-corrected chi connectivity index (χ4v) is 2.47. The molecule has 1 aromatic carbocycles. The highest BCUT2D eigenvalue weighted by atomic mass is 35.5. The van der Waals surface area contributed by atoms with Crippen molar-refractivity contribution in [2.24, 2.45) is 0 Å². The first-order valence-corrected chi connectivity index (χ1v) is 6.88. The van der Waals surface area contributed by atoms with E-state index in [1.807, 2.05) is 0 Å². The lowest BCUT2D eigenvalue weighted by atomic mass is 10.2. The molecule has 0 radical (unpaired) electrons. The minimum atomic E-state index is -0.916. The van der Waals surface area contributed by atoms with E-state index in [2.05, 4.69) is 15.2 Å². The van der Waals surface area contributed by atoms with Gasteiger partial charge in [-0.2, -0.15) is 0 Å². The molecule has 0 saturated heterocycles. The number of aromatic nitrogens is 3. The lowest BCUT2D eigenvalue weighted by Crippen LogP contribution is -2.11. The Balaban J connectivity index is 2.23. The van der Waals surface area contributed by atoms with E-state index < -0.39 is 11.2 Å². The van der Waals surface area contributed by atoms with Gasteiger partial charge in [0.05, 0.1) is 5.02 Å². The van der Waals surface area contributed by atoms with E-state index in [9.17, 15) is 4.79 Å². The molecular weight excluding hydrogens is 309 g/mol. The third-order valence-corrected chi connectivity index (χ3v) is 3.78. The second kappa shape index (κ2) is 5.81. The van der Waals surface area contributed by atoms with E-state index in [1.54, 1.807) is 25.1 Å². The Kier molecular flexibility index (Phi) is 4.34. The lowest BCUT2D eigenvalue weighted by molar-refractivity contribution is -0.136. The van der Waals surface area contributed by atoms with E-state index in [0.717, 1.165) is 11.8 Å². The van der Waals surface area contributed by atoms with Crippen molar-refractivity contribution in [2.75, 3.05) is 0 Å². The van der Waals surface area contributed by atoms with Crippen molar-refractivity contribution in [2.45, 2.75) is 17.3 Å². The summed E-state index contributed by atoms with van der Waals surface area (Å²) in [5, 5.41) is 16.2. The fourth-order valence-electron chi connectivity index (χ4n) is 1.31. The Labute approximate surface area is 123 Å². The molecule has 1 atom stereocenters. The summed E-state index contributed by atoms with van der Waals surface area (Å²) in [5.41, 5.74) is 0.661. The number of hydrogen-bond donors (Lipinski definition) is 2. The van der Waals surface area contributed by atoms with Crippen molar-refractivity contribution in [1.82, 2.24) is 15.2 Å². The van der Waals surface area contributed by atoms with Gasteiger partial charge in [-0.05, 0) is 25.1 Å². The van der Waals surface area contributed by atoms with Crippen molar-refractivity contribution in [3.8, 4) is 11.4 Å². The first-order chi connectivity index (χ1) is 8.97. The summed E-state index contributed by atoms with van der Waals surface area (Å²) < 4.78 is 0. The van der Waals surface area contributed by atoms with Crippen LogP contribution in [0.5, 0.6) is 0 Å². The average Bonchev–Trinajstić information content (AvgIpc) is 2.77. The molecule has 2 N–H and O–H groups in total. The third kappa shape index (κ3) is 3.40. The van der Waals surface area contributed by atoms with Crippen molar-refractivity contribution in [3.05, 3.63) is 28.2 Å². The Bertz CT molecular complexity index is 618. The molecule has 19 heavy (non-hydrogen) atoms. The van der Waals surface area contributed by atoms with Gasteiger partial charge in [0.1, 0.15) is 5.25 Å². The molecule has 0 bridgehead atoms. The number of thioether (sulfide) groups is 1. The lowest BCUT2D eigenvalue weighted by Gasteiger charge is -2.01. The molecule has 0 unspecified atom stereocenters. The Morgan fingerprint density at radius 1 is 1.47 bits per heavy atom. The second-order valence-electron chi connectivity index (χ2n) is 3.69. The van der Waals surface area contributed by atoms with Gasteiger partial charge in [-0.25, -0.2) is 4.98 Å². The third-order valence-electron chi connectivity index (χ3n) is 2.28. The van der Waals surface area contributed by atoms with E-state index in [4.69, 9.17) is 28.3 Å². The molecule has 8 heteroatoms. The smallest absolute Gasteiger partial charge is 0.316 e. The Hall–Kier alpha value is -1.24. The Morgan fingerprint density at radius 3 is 2.84 bits per heavy atom. The number of rotatable bonds is 4. The van der Waals surface area contributed by atoms with Gasteiger partial charge >= 0.3 is 5.97 Å². The van der Waals surface area contributed by atoms with Crippen LogP contribution in [-0.4, -0.2) is 31.5 Å².